The normalized spacial score (nSPS) is 24.9. The number of nitrogens with one attached hydrogen (secondary N) is 1. The predicted molar refractivity (Wildman–Crippen MR) is 90.0 cm³/mol. The molecule has 2 aliphatic heterocycles. The Morgan fingerprint density at radius 2 is 2.14 bits per heavy atom. The molecule has 3 rings (SSSR count). The molecule has 3 heteroatoms. The topological polar surface area (TPSA) is 32.3 Å². The Morgan fingerprint density at radius 3 is 2.86 bits per heavy atom. The average Bonchev–Trinajstić information content (AvgIpc) is 2.92. The minimum absolute atomic E-state index is 0.334. The molecule has 1 aromatic rings. The third-order valence-electron chi connectivity index (χ3n) is 5.55. The van der Waals surface area contributed by atoms with Gasteiger partial charge in [-0.2, -0.15) is 0 Å². The van der Waals surface area contributed by atoms with E-state index in [4.69, 9.17) is 0 Å². The highest BCUT2D eigenvalue weighted by Crippen LogP contribution is 2.36. The smallest absolute Gasteiger partial charge is 0.222 e. The second kappa shape index (κ2) is 6.41. The molecule has 1 N–H and O–H groups in total. The van der Waals surface area contributed by atoms with Crippen molar-refractivity contribution in [2.75, 3.05) is 26.2 Å². The summed E-state index contributed by atoms with van der Waals surface area (Å²) < 4.78 is 0. The number of hydrogen-bond acceptors (Lipinski definition) is 2. The number of benzene rings is 1. The van der Waals surface area contributed by atoms with Gasteiger partial charge >= 0.3 is 0 Å². The second-order valence-electron chi connectivity index (χ2n) is 7.26. The predicted octanol–water partition coefficient (Wildman–Crippen LogP) is 2.84. The Hall–Kier alpha value is -1.35. The van der Waals surface area contributed by atoms with Gasteiger partial charge in [0.25, 0.3) is 0 Å². The van der Waals surface area contributed by atoms with Gasteiger partial charge in [0.05, 0.1) is 0 Å². The molecule has 1 unspecified atom stereocenters. The number of amides is 1. The summed E-state index contributed by atoms with van der Waals surface area (Å²) in [6.45, 7) is 8.42. The molecule has 0 bridgehead atoms. The molecule has 2 saturated heterocycles. The minimum atomic E-state index is 0.334. The second-order valence-corrected chi connectivity index (χ2v) is 7.26. The zero-order valence-electron chi connectivity index (χ0n) is 14.0. The van der Waals surface area contributed by atoms with Crippen LogP contribution < -0.4 is 5.32 Å². The Balaban J connectivity index is 1.53. The molecule has 0 aliphatic carbocycles. The summed E-state index contributed by atoms with van der Waals surface area (Å²) in [5, 5.41) is 3.51. The van der Waals surface area contributed by atoms with Gasteiger partial charge in [-0.15, -0.1) is 0 Å². The van der Waals surface area contributed by atoms with E-state index >= 15 is 0 Å². The molecular formula is C19H28N2O. The van der Waals surface area contributed by atoms with Gasteiger partial charge in [0.1, 0.15) is 0 Å². The number of carbonyl (C=O) groups is 1. The molecule has 0 aromatic heterocycles. The molecule has 1 atom stereocenters. The van der Waals surface area contributed by atoms with E-state index in [0.29, 0.717) is 17.7 Å². The lowest BCUT2D eigenvalue weighted by molar-refractivity contribution is -0.130. The van der Waals surface area contributed by atoms with Crippen LogP contribution in [0.25, 0.3) is 0 Å². The maximum atomic E-state index is 12.5. The zero-order chi connectivity index (χ0) is 15.6. The molecule has 2 aliphatic rings. The van der Waals surface area contributed by atoms with Gasteiger partial charge in [0.2, 0.25) is 5.91 Å². The number of carbonyl (C=O) groups excluding carboxylic acids is 1. The van der Waals surface area contributed by atoms with Gasteiger partial charge in [-0.25, -0.2) is 0 Å². The number of hydrogen-bond donors (Lipinski definition) is 1. The minimum Gasteiger partial charge on any atom is -0.342 e. The first-order valence-corrected chi connectivity index (χ1v) is 8.63. The van der Waals surface area contributed by atoms with Crippen molar-refractivity contribution in [2.24, 2.45) is 5.41 Å². The van der Waals surface area contributed by atoms with E-state index in [1.807, 2.05) is 0 Å². The fraction of sp³-hybridized carbons (Fsp3) is 0.632. The average molecular weight is 300 g/mol. The molecule has 22 heavy (non-hydrogen) atoms. The molecule has 1 amide bonds. The lowest BCUT2D eigenvalue weighted by Crippen LogP contribution is -2.42. The van der Waals surface area contributed by atoms with Crippen molar-refractivity contribution in [1.82, 2.24) is 10.2 Å². The van der Waals surface area contributed by atoms with E-state index in [1.165, 1.54) is 36.0 Å². The summed E-state index contributed by atoms with van der Waals surface area (Å²) in [5.74, 6) is 0.334. The third-order valence-corrected chi connectivity index (χ3v) is 5.55. The van der Waals surface area contributed by atoms with Crippen molar-refractivity contribution in [1.29, 1.82) is 0 Å². The summed E-state index contributed by atoms with van der Waals surface area (Å²) in [4.78, 5) is 14.6. The highest BCUT2D eigenvalue weighted by Gasteiger charge is 2.40. The largest absolute Gasteiger partial charge is 0.342 e. The van der Waals surface area contributed by atoms with Crippen LogP contribution in [0.5, 0.6) is 0 Å². The van der Waals surface area contributed by atoms with Gasteiger partial charge in [0, 0.05) is 31.5 Å². The Bertz CT molecular complexity index is 546. The SMILES string of the molecule is Cc1ccc(CCC(=O)N2CCC3(CCCNC3)C2)cc1C. The van der Waals surface area contributed by atoms with E-state index in [2.05, 4.69) is 42.3 Å². The van der Waals surface area contributed by atoms with Gasteiger partial charge in [-0.05, 0) is 62.8 Å². The van der Waals surface area contributed by atoms with Crippen LogP contribution in [0.1, 0.15) is 42.4 Å². The number of piperidine rings is 1. The molecular weight excluding hydrogens is 272 g/mol. The first-order chi connectivity index (χ1) is 10.6. The third kappa shape index (κ3) is 3.35. The summed E-state index contributed by atoms with van der Waals surface area (Å²) in [7, 11) is 0. The maximum Gasteiger partial charge on any atom is 0.222 e. The molecule has 0 radical (unpaired) electrons. The number of likely N-dealkylation sites (tertiary alicyclic amines) is 1. The van der Waals surface area contributed by atoms with Gasteiger partial charge in [-0.3, -0.25) is 4.79 Å². The van der Waals surface area contributed by atoms with Crippen LogP contribution in [0, 0.1) is 19.3 Å². The first-order valence-electron chi connectivity index (χ1n) is 8.63. The molecule has 0 saturated carbocycles. The van der Waals surface area contributed by atoms with Crippen LogP contribution in [-0.4, -0.2) is 37.0 Å². The van der Waals surface area contributed by atoms with Gasteiger partial charge in [0.15, 0.2) is 0 Å². The molecule has 2 fully saturated rings. The number of rotatable bonds is 3. The monoisotopic (exact) mass is 300 g/mol. The van der Waals surface area contributed by atoms with E-state index in [-0.39, 0.29) is 0 Å². The van der Waals surface area contributed by atoms with Crippen molar-refractivity contribution in [3.63, 3.8) is 0 Å². The fourth-order valence-corrected chi connectivity index (χ4v) is 3.90. The first kappa shape index (κ1) is 15.5. The molecule has 3 nitrogen and oxygen atoms in total. The fourth-order valence-electron chi connectivity index (χ4n) is 3.90. The Morgan fingerprint density at radius 1 is 1.27 bits per heavy atom. The van der Waals surface area contributed by atoms with Crippen molar-refractivity contribution < 1.29 is 4.79 Å². The van der Waals surface area contributed by atoms with Crippen molar-refractivity contribution in [3.05, 3.63) is 34.9 Å². The van der Waals surface area contributed by atoms with E-state index < -0.39 is 0 Å². The molecule has 1 spiro atoms. The number of aryl methyl sites for hydroxylation is 3. The maximum absolute atomic E-state index is 12.5. The summed E-state index contributed by atoms with van der Waals surface area (Å²) >= 11 is 0. The molecule has 1 aromatic carbocycles. The summed E-state index contributed by atoms with van der Waals surface area (Å²) in [6, 6.07) is 6.54. The quantitative estimate of drug-likeness (QED) is 0.931. The van der Waals surface area contributed by atoms with Crippen LogP contribution in [-0.2, 0) is 11.2 Å². The highest BCUT2D eigenvalue weighted by molar-refractivity contribution is 5.76. The standard InChI is InChI=1S/C19H28N2O/c1-15-4-5-17(12-16(15)2)6-7-18(22)21-11-9-19(14-21)8-3-10-20-13-19/h4-5,12,20H,3,6-11,13-14H2,1-2H3. The van der Waals surface area contributed by atoms with Crippen LogP contribution in [0.15, 0.2) is 18.2 Å². The van der Waals surface area contributed by atoms with Crippen LogP contribution in [0.3, 0.4) is 0 Å². The van der Waals surface area contributed by atoms with Crippen molar-refractivity contribution >= 4 is 5.91 Å². The lowest BCUT2D eigenvalue weighted by atomic mass is 9.80. The Kier molecular flexibility index (Phi) is 4.53. The number of nitrogens with zero attached hydrogens (tertiary/aromatic N) is 1. The molecule has 2 heterocycles. The van der Waals surface area contributed by atoms with E-state index in [0.717, 1.165) is 32.6 Å². The van der Waals surface area contributed by atoms with Crippen LogP contribution in [0.2, 0.25) is 0 Å². The van der Waals surface area contributed by atoms with Crippen molar-refractivity contribution in [3.8, 4) is 0 Å². The Labute approximate surface area is 134 Å². The van der Waals surface area contributed by atoms with E-state index in [1.54, 1.807) is 0 Å². The zero-order valence-corrected chi connectivity index (χ0v) is 14.0. The summed E-state index contributed by atoms with van der Waals surface area (Å²) in [6.07, 6.45) is 5.22. The van der Waals surface area contributed by atoms with Crippen LogP contribution >= 0.6 is 0 Å². The van der Waals surface area contributed by atoms with Gasteiger partial charge < -0.3 is 10.2 Å². The summed E-state index contributed by atoms with van der Waals surface area (Å²) in [5.41, 5.74) is 4.29. The lowest BCUT2D eigenvalue weighted by Gasteiger charge is -2.33. The van der Waals surface area contributed by atoms with E-state index in [9.17, 15) is 4.79 Å². The van der Waals surface area contributed by atoms with Gasteiger partial charge in [-0.1, -0.05) is 18.2 Å². The highest BCUT2D eigenvalue weighted by atomic mass is 16.2. The molecule has 120 valence electrons. The van der Waals surface area contributed by atoms with Crippen LogP contribution in [0.4, 0.5) is 0 Å². The van der Waals surface area contributed by atoms with Crippen molar-refractivity contribution in [2.45, 2.75) is 46.0 Å².